The number of methoxy groups -OCH3 is 1. The van der Waals surface area contributed by atoms with Crippen LogP contribution in [0.15, 0.2) is 12.1 Å². The van der Waals surface area contributed by atoms with E-state index in [1.165, 1.54) is 6.07 Å². The van der Waals surface area contributed by atoms with Crippen molar-refractivity contribution in [3.8, 4) is 11.8 Å². The van der Waals surface area contributed by atoms with E-state index < -0.39 is 23.6 Å². The maximum atomic E-state index is 12.2. The van der Waals surface area contributed by atoms with Gasteiger partial charge in [-0.05, 0) is 17.7 Å². The Morgan fingerprint density at radius 3 is 2.53 bits per heavy atom. The van der Waals surface area contributed by atoms with Crippen molar-refractivity contribution >= 4 is 5.97 Å². The van der Waals surface area contributed by atoms with Crippen LogP contribution in [0.25, 0.3) is 0 Å². The number of nitrogens with zero attached hydrogens (tertiary/aromatic N) is 1. The first kappa shape index (κ1) is 14.8. The minimum absolute atomic E-state index is 0.0731. The molecule has 0 aliphatic heterocycles. The average molecular weight is 274 g/mol. The molecule has 0 radical (unpaired) electrons. The van der Waals surface area contributed by atoms with E-state index in [1.807, 2.05) is 0 Å². The number of nitrogens with two attached hydrogens (primary N) is 1. The highest BCUT2D eigenvalue weighted by molar-refractivity contribution is 5.92. The molecule has 5 nitrogen and oxygen atoms in total. The number of alkyl halides is 3. The van der Waals surface area contributed by atoms with Crippen LogP contribution in [0.3, 0.4) is 0 Å². The summed E-state index contributed by atoms with van der Waals surface area (Å²) in [6, 6.07) is 3.37. The topological polar surface area (TPSA) is 85.3 Å². The lowest BCUT2D eigenvalue weighted by atomic mass is 10.0. The molecule has 1 rings (SSSR count). The maximum absolute atomic E-state index is 12.2. The van der Waals surface area contributed by atoms with Crippen molar-refractivity contribution in [1.29, 1.82) is 5.26 Å². The van der Waals surface area contributed by atoms with Gasteiger partial charge in [0.1, 0.15) is 11.8 Å². The van der Waals surface area contributed by atoms with E-state index in [4.69, 9.17) is 11.0 Å². The fraction of sp³-hybridized carbons (Fsp3) is 0.273. The maximum Gasteiger partial charge on any atom is 0.573 e. The molecule has 102 valence electrons. The number of hydrogen-bond donors (Lipinski definition) is 1. The van der Waals surface area contributed by atoms with Gasteiger partial charge in [0, 0.05) is 6.54 Å². The summed E-state index contributed by atoms with van der Waals surface area (Å²) in [7, 11) is 1.11. The van der Waals surface area contributed by atoms with Crippen molar-refractivity contribution in [3.05, 3.63) is 28.8 Å². The van der Waals surface area contributed by atoms with Crippen LogP contribution in [0.5, 0.6) is 5.75 Å². The molecule has 0 spiro atoms. The van der Waals surface area contributed by atoms with Crippen molar-refractivity contribution in [1.82, 2.24) is 0 Å². The van der Waals surface area contributed by atoms with Crippen molar-refractivity contribution in [2.24, 2.45) is 5.73 Å². The lowest BCUT2D eigenvalue weighted by Crippen LogP contribution is -2.19. The number of hydrogen-bond acceptors (Lipinski definition) is 5. The highest BCUT2D eigenvalue weighted by Crippen LogP contribution is 2.29. The largest absolute Gasteiger partial charge is 0.573 e. The predicted molar refractivity (Wildman–Crippen MR) is 57.1 cm³/mol. The fourth-order valence-corrected chi connectivity index (χ4v) is 1.39. The second-order valence-electron chi connectivity index (χ2n) is 3.36. The van der Waals surface area contributed by atoms with E-state index in [-0.39, 0.29) is 17.7 Å². The molecule has 0 heterocycles. The van der Waals surface area contributed by atoms with Gasteiger partial charge in [0.15, 0.2) is 0 Å². The molecule has 2 N–H and O–H groups in total. The monoisotopic (exact) mass is 274 g/mol. The number of benzene rings is 1. The van der Waals surface area contributed by atoms with Gasteiger partial charge in [0.25, 0.3) is 0 Å². The van der Waals surface area contributed by atoms with Gasteiger partial charge in [-0.3, -0.25) is 0 Å². The number of esters is 1. The lowest BCUT2D eigenvalue weighted by molar-refractivity contribution is -0.274. The van der Waals surface area contributed by atoms with Crippen LogP contribution in [0.2, 0.25) is 0 Å². The lowest BCUT2D eigenvalue weighted by Gasteiger charge is -2.13. The van der Waals surface area contributed by atoms with Crippen LogP contribution in [-0.4, -0.2) is 19.4 Å². The molecular formula is C11H9F3N2O3. The normalized spacial score (nSPS) is 10.7. The van der Waals surface area contributed by atoms with E-state index in [2.05, 4.69) is 9.47 Å². The molecule has 19 heavy (non-hydrogen) atoms. The number of carbonyl (C=O) groups is 1. The first-order chi connectivity index (χ1) is 8.82. The predicted octanol–water partition coefficient (Wildman–Crippen LogP) is 1.70. The Bertz CT molecular complexity index is 535. The van der Waals surface area contributed by atoms with Crippen molar-refractivity contribution < 1.29 is 27.4 Å². The molecule has 0 saturated carbocycles. The molecule has 0 aliphatic carbocycles. The molecule has 8 heteroatoms. The SMILES string of the molecule is COC(=O)c1cc(C#N)c(OC(F)(F)F)cc1CN. The molecule has 0 aromatic heterocycles. The first-order valence-corrected chi connectivity index (χ1v) is 4.93. The van der Waals surface area contributed by atoms with Crippen LogP contribution >= 0.6 is 0 Å². The Morgan fingerprint density at radius 2 is 2.11 bits per heavy atom. The summed E-state index contributed by atoms with van der Waals surface area (Å²) >= 11 is 0. The summed E-state index contributed by atoms with van der Waals surface area (Å²) in [6.45, 7) is -0.204. The Morgan fingerprint density at radius 1 is 1.47 bits per heavy atom. The second kappa shape index (κ2) is 5.58. The third-order valence-corrected chi connectivity index (χ3v) is 2.18. The molecule has 0 fully saturated rings. The molecular weight excluding hydrogens is 265 g/mol. The fourth-order valence-electron chi connectivity index (χ4n) is 1.39. The van der Waals surface area contributed by atoms with Crippen molar-refractivity contribution in [2.45, 2.75) is 12.9 Å². The molecule has 0 saturated heterocycles. The third kappa shape index (κ3) is 3.59. The van der Waals surface area contributed by atoms with E-state index in [1.54, 1.807) is 0 Å². The Balaban J connectivity index is 3.36. The van der Waals surface area contributed by atoms with Crippen molar-refractivity contribution in [2.75, 3.05) is 7.11 Å². The zero-order chi connectivity index (χ0) is 14.6. The molecule has 1 aromatic carbocycles. The second-order valence-corrected chi connectivity index (χ2v) is 3.36. The molecule has 0 atom stereocenters. The molecule has 0 amide bonds. The van der Waals surface area contributed by atoms with Crippen LogP contribution in [-0.2, 0) is 11.3 Å². The van der Waals surface area contributed by atoms with Gasteiger partial charge in [-0.15, -0.1) is 13.2 Å². The quantitative estimate of drug-likeness (QED) is 0.848. The van der Waals surface area contributed by atoms with E-state index in [0.717, 1.165) is 19.2 Å². The molecule has 0 aliphatic rings. The molecule has 1 aromatic rings. The summed E-state index contributed by atoms with van der Waals surface area (Å²) in [6.07, 6.45) is -4.94. The van der Waals surface area contributed by atoms with Gasteiger partial charge in [-0.1, -0.05) is 0 Å². The highest BCUT2D eigenvalue weighted by Gasteiger charge is 2.33. The highest BCUT2D eigenvalue weighted by atomic mass is 19.4. The van der Waals surface area contributed by atoms with Gasteiger partial charge >= 0.3 is 12.3 Å². The average Bonchev–Trinajstić information content (AvgIpc) is 2.35. The van der Waals surface area contributed by atoms with Gasteiger partial charge in [0.05, 0.1) is 18.2 Å². The number of halogens is 3. The first-order valence-electron chi connectivity index (χ1n) is 4.93. The number of nitriles is 1. The Labute approximate surface area is 106 Å². The molecule has 0 unspecified atom stereocenters. The van der Waals surface area contributed by atoms with E-state index >= 15 is 0 Å². The number of rotatable bonds is 3. The van der Waals surface area contributed by atoms with Crippen LogP contribution in [0, 0.1) is 11.3 Å². The smallest absolute Gasteiger partial charge is 0.465 e. The summed E-state index contributed by atoms with van der Waals surface area (Å²) in [5, 5.41) is 8.78. The number of ether oxygens (including phenoxy) is 2. The number of carbonyl (C=O) groups excluding carboxylic acids is 1. The zero-order valence-electron chi connectivity index (χ0n) is 9.75. The Hall–Kier alpha value is -2.27. The summed E-state index contributed by atoms with van der Waals surface area (Å²) in [4.78, 5) is 11.4. The standard InChI is InChI=1S/C11H9F3N2O3/c1-18-10(17)8-2-7(5-16)9(3-6(8)4-15)19-11(12,13)14/h2-3H,4,15H2,1H3. The van der Waals surface area contributed by atoms with Gasteiger partial charge < -0.3 is 15.2 Å². The van der Waals surface area contributed by atoms with Crippen LogP contribution < -0.4 is 10.5 Å². The summed E-state index contributed by atoms with van der Waals surface area (Å²) in [5.41, 5.74) is 4.92. The minimum atomic E-state index is -4.94. The van der Waals surface area contributed by atoms with E-state index in [0.29, 0.717) is 0 Å². The Kier molecular flexibility index (Phi) is 4.34. The minimum Gasteiger partial charge on any atom is -0.465 e. The van der Waals surface area contributed by atoms with Gasteiger partial charge in [0.2, 0.25) is 0 Å². The summed E-state index contributed by atoms with van der Waals surface area (Å²) in [5.74, 6) is -1.50. The summed E-state index contributed by atoms with van der Waals surface area (Å²) < 4.78 is 44.6. The van der Waals surface area contributed by atoms with Crippen LogP contribution in [0.4, 0.5) is 13.2 Å². The van der Waals surface area contributed by atoms with Gasteiger partial charge in [-0.25, -0.2) is 4.79 Å². The van der Waals surface area contributed by atoms with Crippen LogP contribution in [0.1, 0.15) is 21.5 Å². The zero-order valence-corrected chi connectivity index (χ0v) is 9.75. The third-order valence-electron chi connectivity index (χ3n) is 2.18. The molecule has 0 bridgehead atoms. The van der Waals surface area contributed by atoms with E-state index in [9.17, 15) is 18.0 Å². The van der Waals surface area contributed by atoms with Crippen molar-refractivity contribution in [3.63, 3.8) is 0 Å². The van der Waals surface area contributed by atoms with Gasteiger partial charge in [-0.2, -0.15) is 5.26 Å².